The molecule has 0 amide bonds. The standard InChI is InChI=1S/C14H20O4/c15-13(9-1-2-11-12(7-9)17-11)16-8-14-5-3-10(18-14)4-6-14/h9-12H,1-8H2. The minimum absolute atomic E-state index is 0.0303. The maximum atomic E-state index is 12.1. The zero-order valence-electron chi connectivity index (χ0n) is 10.6. The summed E-state index contributed by atoms with van der Waals surface area (Å²) in [6, 6.07) is 0. The number of rotatable bonds is 3. The lowest BCUT2D eigenvalue weighted by atomic mass is 9.88. The minimum Gasteiger partial charge on any atom is -0.462 e. The molecule has 1 aliphatic carbocycles. The summed E-state index contributed by atoms with van der Waals surface area (Å²) >= 11 is 0. The van der Waals surface area contributed by atoms with E-state index in [1.165, 1.54) is 0 Å². The van der Waals surface area contributed by atoms with Gasteiger partial charge in [-0.15, -0.1) is 0 Å². The molecule has 1 saturated carbocycles. The number of carbonyl (C=O) groups is 1. The van der Waals surface area contributed by atoms with Crippen molar-refractivity contribution in [2.45, 2.75) is 68.9 Å². The van der Waals surface area contributed by atoms with Crippen molar-refractivity contribution in [1.82, 2.24) is 0 Å². The zero-order chi connectivity index (χ0) is 12.2. The summed E-state index contributed by atoms with van der Waals surface area (Å²) in [6.45, 7) is 0.466. The summed E-state index contributed by atoms with van der Waals surface area (Å²) in [5.41, 5.74) is -0.131. The topological polar surface area (TPSA) is 48.1 Å². The second kappa shape index (κ2) is 3.94. The molecule has 2 bridgehead atoms. The van der Waals surface area contributed by atoms with Crippen LogP contribution in [0.4, 0.5) is 0 Å². The van der Waals surface area contributed by atoms with Crippen LogP contribution in [0.15, 0.2) is 0 Å². The highest BCUT2D eigenvalue weighted by Gasteiger charge is 2.49. The molecule has 0 radical (unpaired) electrons. The SMILES string of the molecule is O=C(OCC12CCC(CC1)O2)C1CCC2OC2C1. The molecule has 4 nitrogen and oxygen atoms in total. The zero-order valence-corrected chi connectivity index (χ0v) is 10.6. The predicted molar refractivity (Wildman–Crippen MR) is 63.0 cm³/mol. The molecule has 18 heavy (non-hydrogen) atoms. The normalized spacial score (nSPS) is 48.9. The number of hydrogen-bond acceptors (Lipinski definition) is 4. The molecular weight excluding hydrogens is 232 g/mol. The molecule has 0 spiro atoms. The van der Waals surface area contributed by atoms with Crippen LogP contribution in [0, 0.1) is 5.92 Å². The first-order valence-corrected chi connectivity index (χ1v) is 7.24. The second-order valence-electron chi connectivity index (χ2n) is 6.33. The van der Waals surface area contributed by atoms with Crippen molar-refractivity contribution < 1.29 is 19.0 Å². The fraction of sp³-hybridized carbons (Fsp3) is 0.929. The summed E-state index contributed by atoms with van der Waals surface area (Å²) in [7, 11) is 0. The van der Waals surface area contributed by atoms with E-state index in [0.717, 1.165) is 44.9 Å². The lowest BCUT2D eigenvalue weighted by Gasteiger charge is -2.25. The number of fused-ring (bicyclic) bond motifs is 3. The van der Waals surface area contributed by atoms with Crippen molar-refractivity contribution in [3.05, 3.63) is 0 Å². The van der Waals surface area contributed by atoms with E-state index in [2.05, 4.69) is 0 Å². The van der Waals surface area contributed by atoms with E-state index in [1.807, 2.05) is 0 Å². The van der Waals surface area contributed by atoms with E-state index in [4.69, 9.17) is 14.2 Å². The summed E-state index contributed by atoms with van der Waals surface area (Å²) in [5, 5.41) is 0. The highest BCUT2D eigenvalue weighted by atomic mass is 16.6. The van der Waals surface area contributed by atoms with Crippen LogP contribution in [-0.4, -0.2) is 36.5 Å². The quantitative estimate of drug-likeness (QED) is 0.567. The van der Waals surface area contributed by atoms with Gasteiger partial charge < -0.3 is 14.2 Å². The summed E-state index contributed by atoms with van der Waals surface area (Å²) in [6.07, 6.45) is 8.42. The van der Waals surface area contributed by atoms with E-state index < -0.39 is 0 Å². The van der Waals surface area contributed by atoms with Crippen LogP contribution in [-0.2, 0) is 19.0 Å². The molecule has 0 aromatic heterocycles. The molecule has 4 heteroatoms. The number of esters is 1. The van der Waals surface area contributed by atoms with Gasteiger partial charge in [0, 0.05) is 0 Å². The molecule has 4 aliphatic rings. The van der Waals surface area contributed by atoms with Gasteiger partial charge in [-0.1, -0.05) is 0 Å². The third-order valence-electron chi connectivity index (χ3n) is 5.08. The first kappa shape index (κ1) is 11.2. The third-order valence-corrected chi connectivity index (χ3v) is 5.08. The van der Waals surface area contributed by atoms with Crippen LogP contribution in [0.3, 0.4) is 0 Å². The molecule has 0 N–H and O–H groups in total. The average Bonchev–Trinajstić information content (AvgIpc) is 2.91. The van der Waals surface area contributed by atoms with Crippen molar-refractivity contribution in [2.24, 2.45) is 5.92 Å². The Morgan fingerprint density at radius 3 is 2.67 bits per heavy atom. The lowest BCUT2D eigenvalue weighted by molar-refractivity contribution is -0.157. The maximum absolute atomic E-state index is 12.1. The van der Waals surface area contributed by atoms with Crippen molar-refractivity contribution in [3.8, 4) is 0 Å². The van der Waals surface area contributed by atoms with E-state index in [0.29, 0.717) is 24.9 Å². The molecule has 4 fully saturated rings. The number of ether oxygens (including phenoxy) is 3. The Balaban J connectivity index is 1.30. The molecule has 100 valence electrons. The molecule has 0 aromatic rings. The highest BCUT2D eigenvalue weighted by Crippen LogP contribution is 2.44. The number of hydrogen-bond donors (Lipinski definition) is 0. The Kier molecular flexibility index (Phi) is 2.46. The summed E-state index contributed by atoms with van der Waals surface area (Å²) in [5.74, 6) is 0.0287. The molecular formula is C14H20O4. The van der Waals surface area contributed by atoms with Gasteiger partial charge in [0.1, 0.15) is 12.2 Å². The van der Waals surface area contributed by atoms with Crippen LogP contribution in [0.1, 0.15) is 44.9 Å². The molecule has 3 saturated heterocycles. The Hall–Kier alpha value is -0.610. The summed E-state index contributed by atoms with van der Waals surface area (Å²) in [4.78, 5) is 12.1. The fourth-order valence-corrected chi connectivity index (χ4v) is 3.82. The molecule has 3 unspecified atom stereocenters. The van der Waals surface area contributed by atoms with Crippen LogP contribution >= 0.6 is 0 Å². The van der Waals surface area contributed by atoms with Crippen LogP contribution in [0.25, 0.3) is 0 Å². The number of epoxide rings is 1. The van der Waals surface area contributed by atoms with Crippen molar-refractivity contribution in [3.63, 3.8) is 0 Å². The molecule has 3 aliphatic heterocycles. The van der Waals surface area contributed by atoms with Crippen molar-refractivity contribution in [2.75, 3.05) is 6.61 Å². The Morgan fingerprint density at radius 1 is 1.17 bits per heavy atom. The van der Waals surface area contributed by atoms with Gasteiger partial charge in [-0.2, -0.15) is 0 Å². The van der Waals surface area contributed by atoms with Crippen molar-refractivity contribution >= 4 is 5.97 Å². The smallest absolute Gasteiger partial charge is 0.309 e. The van der Waals surface area contributed by atoms with Gasteiger partial charge in [0.05, 0.1) is 24.2 Å². The van der Waals surface area contributed by atoms with E-state index in [-0.39, 0.29) is 17.5 Å². The fourth-order valence-electron chi connectivity index (χ4n) is 3.82. The highest BCUT2D eigenvalue weighted by molar-refractivity contribution is 5.72. The Morgan fingerprint density at radius 2 is 2.00 bits per heavy atom. The molecule has 4 rings (SSSR count). The van der Waals surface area contributed by atoms with E-state index >= 15 is 0 Å². The minimum atomic E-state index is -0.131. The van der Waals surface area contributed by atoms with Crippen LogP contribution < -0.4 is 0 Å². The van der Waals surface area contributed by atoms with Crippen LogP contribution in [0.2, 0.25) is 0 Å². The lowest BCUT2D eigenvalue weighted by Crippen LogP contribution is -2.34. The van der Waals surface area contributed by atoms with E-state index in [9.17, 15) is 4.79 Å². The van der Waals surface area contributed by atoms with Gasteiger partial charge in [-0.05, 0) is 44.9 Å². The third kappa shape index (κ3) is 1.86. The first-order chi connectivity index (χ1) is 8.74. The maximum Gasteiger partial charge on any atom is 0.309 e. The first-order valence-electron chi connectivity index (χ1n) is 7.24. The van der Waals surface area contributed by atoms with Gasteiger partial charge in [-0.3, -0.25) is 4.79 Å². The van der Waals surface area contributed by atoms with Gasteiger partial charge in [0.25, 0.3) is 0 Å². The average molecular weight is 252 g/mol. The predicted octanol–water partition coefficient (Wildman–Crippen LogP) is 1.81. The van der Waals surface area contributed by atoms with Crippen molar-refractivity contribution in [1.29, 1.82) is 0 Å². The number of carbonyl (C=O) groups excluding carboxylic acids is 1. The van der Waals surface area contributed by atoms with Gasteiger partial charge >= 0.3 is 5.97 Å². The van der Waals surface area contributed by atoms with Crippen LogP contribution in [0.5, 0.6) is 0 Å². The molecule has 3 atom stereocenters. The Bertz CT molecular complexity index is 359. The van der Waals surface area contributed by atoms with E-state index in [1.54, 1.807) is 0 Å². The van der Waals surface area contributed by atoms with Gasteiger partial charge in [-0.25, -0.2) is 0 Å². The summed E-state index contributed by atoms with van der Waals surface area (Å²) < 4.78 is 16.9. The molecule has 0 aromatic carbocycles. The Labute approximate surface area is 107 Å². The monoisotopic (exact) mass is 252 g/mol. The van der Waals surface area contributed by atoms with Gasteiger partial charge in [0.2, 0.25) is 0 Å². The van der Waals surface area contributed by atoms with Gasteiger partial charge in [0.15, 0.2) is 0 Å². The second-order valence-corrected chi connectivity index (χ2v) is 6.33. The largest absolute Gasteiger partial charge is 0.462 e. The molecule has 3 heterocycles.